The number of carbonyl (C=O) groups excluding carboxylic acids is 1. The largest absolute Gasteiger partial charge is 0.334 e. The fourth-order valence-corrected chi connectivity index (χ4v) is 4.15. The van der Waals surface area contributed by atoms with E-state index in [4.69, 9.17) is 0 Å². The van der Waals surface area contributed by atoms with E-state index >= 15 is 0 Å². The van der Waals surface area contributed by atoms with Crippen LogP contribution in [0.3, 0.4) is 0 Å². The fraction of sp³-hybridized carbons (Fsp3) is 0.211. The van der Waals surface area contributed by atoms with Crippen molar-refractivity contribution in [3.05, 3.63) is 75.7 Å². The highest BCUT2D eigenvalue weighted by atomic mass is 32.1. The molecule has 1 aromatic carbocycles. The summed E-state index contributed by atoms with van der Waals surface area (Å²) in [5.74, 6) is 0.121. The van der Waals surface area contributed by atoms with Crippen molar-refractivity contribution in [3.8, 4) is 5.69 Å². The van der Waals surface area contributed by atoms with Crippen molar-refractivity contribution in [2.45, 2.75) is 19.9 Å². The number of aryl methyl sites for hydroxylation is 1. The molecule has 3 aromatic rings. The summed E-state index contributed by atoms with van der Waals surface area (Å²) in [5.41, 5.74) is 4.43. The Hall–Kier alpha value is -2.33. The highest BCUT2D eigenvalue weighted by Crippen LogP contribution is 2.28. The van der Waals surface area contributed by atoms with E-state index in [0.29, 0.717) is 0 Å². The van der Waals surface area contributed by atoms with Crippen LogP contribution in [0.25, 0.3) is 5.69 Å². The van der Waals surface area contributed by atoms with Crippen molar-refractivity contribution in [1.29, 1.82) is 0 Å². The van der Waals surface area contributed by atoms with Gasteiger partial charge in [0.2, 0.25) is 0 Å². The molecule has 23 heavy (non-hydrogen) atoms. The Balaban J connectivity index is 1.60. The van der Waals surface area contributed by atoms with Crippen LogP contribution in [0.5, 0.6) is 0 Å². The van der Waals surface area contributed by atoms with Gasteiger partial charge in [-0.1, -0.05) is 6.07 Å². The molecule has 2 aromatic heterocycles. The Morgan fingerprint density at radius 1 is 1.17 bits per heavy atom. The van der Waals surface area contributed by atoms with E-state index in [-0.39, 0.29) is 5.91 Å². The molecule has 1 amide bonds. The Bertz CT molecular complexity index is 848. The first-order valence-corrected chi connectivity index (χ1v) is 8.69. The van der Waals surface area contributed by atoms with Gasteiger partial charge in [-0.3, -0.25) is 4.79 Å². The molecule has 116 valence electrons. The molecule has 1 aliphatic heterocycles. The molecule has 0 atom stereocenters. The average Bonchev–Trinajstić information content (AvgIpc) is 3.25. The van der Waals surface area contributed by atoms with Crippen LogP contribution in [0.2, 0.25) is 0 Å². The number of rotatable bonds is 2. The molecule has 3 heterocycles. The number of amides is 1. The molecule has 0 spiro atoms. The molecule has 4 heteroatoms. The first-order chi connectivity index (χ1) is 11.2. The molecule has 4 rings (SSSR count). The van der Waals surface area contributed by atoms with E-state index in [2.05, 4.69) is 12.3 Å². The highest BCUT2D eigenvalue weighted by Gasteiger charge is 2.24. The van der Waals surface area contributed by atoms with Gasteiger partial charge in [-0.05, 0) is 60.2 Å². The third-order valence-corrected chi connectivity index (χ3v) is 5.64. The number of thiophene rings is 1. The van der Waals surface area contributed by atoms with Crippen LogP contribution in [0.15, 0.2) is 54.2 Å². The van der Waals surface area contributed by atoms with Crippen molar-refractivity contribution >= 4 is 17.2 Å². The number of fused-ring (bicyclic) bond motifs is 1. The monoisotopic (exact) mass is 322 g/mol. The Morgan fingerprint density at radius 2 is 2.00 bits per heavy atom. The van der Waals surface area contributed by atoms with Crippen LogP contribution in [-0.2, 0) is 13.0 Å². The lowest BCUT2D eigenvalue weighted by molar-refractivity contribution is 0.0735. The summed E-state index contributed by atoms with van der Waals surface area (Å²) in [4.78, 5) is 16.3. The lowest BCUT2D eigenvalue weighted by atomic mass is 10.0. The minimum absolute atomic E-state index is 0.121. The smallest absolute Gasteiger partial charge is 0.254 e. The summed E-state index contributed by atoms with van der Waals surface area (Å²) in [6.45, 7) is 3.67. The van der Waals surface area contributed by atoms with E-state index in [9.17, 15) is 4.79 Å². The molecular weight excluding hydrogens is 304 g/mol. The zero-order chi connectivity index (χ0) is 15.8. The van der Waals surface area contributed by atoms with Crippen molar-refractivity contribution in [2.24, 2.45) is 0 Å². The number of carbonyl (C=O) groups is 1. The van der Waals surface area contributed by atoms with Crippen LogP contribution in [-0.4, -0.2) is 21.9 Å². The summed E-state index contributed by atoms with van der Waals surface area (Å²) in [5, 5.41) is 2.20. The predicted octanol–water partition coefficient (Wildman–Crippen LogP) is 4.05. The van der Waals surface area contributed by atoms with Crippen molar-refractivity contribution in [1.82, 2.24) is 9.47 Å². The molecule has 0 fully saturated rings. The molecule has 0 N–H and O–H groups in total. The molecule has 0 radical (unpaired) electrons. The third kappa shape index (κ3) is 2.59. The summed E-state index contributed by atoms with van der Waals surface area (Å²) < 4.78 is 2.02. The summed E-state index contributed by atoms with van der Waals surface area (Å²) in [6, 6.07) is 11.8. The number of hydrogen-bond donors (Lipinski definition) is 0. The quantitative estimate of drug-likeness (QED) is 0.699. The third-order valence-electron chi connectivity index (χ3n) is 4.43. The Labute approximate surface area is 139 Å². The number of aromatic nitrogens is 1. The Kier molecular flexibility index (Phi) is 3.54. The zero-order valence-corrected chi connectivity index (χ0v) is 13.8. The molecule has 0 saturated heterocycles. The van der Waals surface area contributed by atoms with E-state index in [1.165, 1.54) is 16.0 Å². The van der Waals surface area contributed by atoms with Crippen LogP contribution in [0, 0.1) is 6.92 Å². The topological polar surface area (TPSA) is 25.2 Å². The van der Waals surface area contributed by atoms with Crippen LogP contribution >= 0.6 is 11.3 Å². The normalized spacial score (nSPS) is 13.9. The predicted molar refractivity (Wildman–Crippen MR) is 93.3 cm³/mol. The lowest BCUT2D eigenvalue weighted by Gasteiger charge is -2.28. The van der Waals surface area contributed by atoms with Crippen molar-refractivity contribution in [3.63, 3.8) is 0 Å². The summed E-state index contributed by atoms with van der Waals surface area (Å²) >= 11 is 1.82. The first kappa shape index (κ1) is 14.3. The van der Waals surface area contributed by atoms with Gasteiger partial charge in [0, 0.05) is 41.6 Å². The maximum Gasteiger partial charge on any atom is 0.254 e. The standard InChI is InChI=1S/C19H18N2OS/c1-14-13-23-18-7-10-21(12-17(14)18)19(22)15-5-4-6-16(11-15)20-8-2-3-9-20/h2-6,8-9,11,13H,7,10,12H2,1H3. The van der Waals surface area contributed by atoms with E-state index < -0.39 is 0 Å². The Morgan fingerprint density at radius 3 is 2.83 bits per heavy atom. The van der Waals surface area contributed by atoms with Gasteiger partial charge >= 0.3 is 0 Å². The molecule has 0 unspecified atom stereocenters. The van der Waals surface area contributed by atoms with E-state index in [0.717, 1.165) is 30.8 Å². The van der Waals surface area contributed by atoms with Crippen LogP contribution in [0.1, 0.15) is 26.4 Å². The van der Waals surface area contributed by atoms with E-state index in [1.807, 2.05) is 69.6 Å². The zero-order valence-electron chi connectivity index (χ0n) is 13.0. The fourth-order valence-electron chi connectivity index (χ4n) is 3.11. The second-order valence-corrected chi connectivity index (χ2v) is 6.90. The van der Waals surface area contributed by atoms with Crippen molar-refractivity contribution < 1.29 is 4.79 Å². The van der Waals surface area contributed by atoms with Gasteiger partial charge in [0.1, 0.15) is 0 Å². The van der Waals surface area contributed by atoms with Gasteiger partial charge in [-0.25, -0.2) is 0 Å². The minimum Gasteiger partial charge on any atom is -0.334 e. The van der Waals surface area contributed by atoms with Gasteiger partial charge in [0.05, 0.1) is 0 Å². The van der Waals surface area contributed by atoms with Crippen LogP contribution < -0.4 is 0 Å². The minimum atomic E-state index is 0.121. The summed E-state index contributed by atoms with van der Waals surface area (Å²) in [6.07, 6.45) is 4.95. The second-order valence-electron chi connectivity index (χ2n) is 5.94. The van der Waals surface area contributed by atoms with Gasteiger partial charge < -0.3 is 9.47 Å². The van der Waals surface area contributed by atoms with Crippen LogP contribution in [0.4, 0.5) is 0 Å². The SMILES string of the molecule is Cc1csc2c1CN(C(=O)c1cccc(-n3cccc3)c1)CC2. The van der Waals surface area contributed by atoms with E-state index in [1.54, 1.807) is 0 Å². The maximum absolute atomic E-state index is 12.9. The van der Waals surface area contributed by atoms with Gasteiger partial charge in [0.15, 0.2) is 0 Å². The first-order valence-electron chi connectivity index (χ1n) is 7.81. The highest BCUT2D eigenvalue weighted by molar-refractivity contribution is 7.10. The molecule has 0 bridgehead atoms. The number of benzene rings is 1. The number of nitrogens with zero attached hydrogens (tertiary/aromatic N) is 2. The molecular formula is C19H18N2OS. The maximum atomic E-state index is 12.9. The lowest BCUT2D eigenvalue weighted by Crippen LogP contribution is -2.35. The molecule has 3 nitrogen and oxygen atoms in total. The molecule has 1 aliphatic rings. The average molecular weight is 322 g/mol. The molecule has 0 saturated carbocycles. The number of hydrogen-bond acceptors (Lipinski definition) is 2. The second kappa shape index (κ2) is 5.70. The van der Waals surface area contributed by atoms with Crippen molar-refractivity contribution in [2.75, 3.05) is 6.54 Å². The summed E-state index contributed by atoms with van der Waals surface area (Å²) in [7, 11) is 0. The van der Waals surface area contributed by atoms with Gasteiger partial charge in [-0.15, -0.1) is 11.3 Å². The van der Waals surface area contributed by atoms with Gasteiger partial charge in [-0.2, -0.15) is 0 Å². The molecule has 0 aliphatic carbocycles. The van der Waals surface area contributed by atoms with Gasteiger partial charge in [0.25, 0.3) is 5.91 Å².